The number of morpholine rings is 1. The van der Waals surface area contributed by atoms with E-state index in [-0.39, 0.29) is 34.5 Å². The number of benzene rings is 2. The van der Waals surface area contributed by atoms with Crippen molar-refractivity contribution in [2.24, 2.45) is 17.8 Å². The summed E-state index contributed by atoms with van der Waals surface area (Å²) >= 11 is 8.52. The lowest BCUT2D eigenvalue weighted by Gasteiger charge is -2.44. The molecule has 6 atom stereocenters. The number of carbonyl (C=O) groups excluding carboxylic acids is 2. The first-order valence-corrected chi connectivity index (χ1v) is 23.1. The Labute approximate surface area is 333 Å². The zero-order chi connectivity index (χ0) is 37.8. The van der Waals surface area contributed by atoms with Gasteiger partial charge in [-0.3, -0.25) is 14.5 Å². The van der Waals surface area contributed by atoms with E-state index in [0.29, 0.717) is 37.9 Å². The minimum Gasteiger partial charge on any atom is -0.490 e. The van der Waals surface area contributed by atoms with Crippen molar-refractivity contribution in [1.29, 1.82) is 0 Å². The molecule has 2 aromatic rings. The number of fused-ring (bicyclic) bond motifs is 5. The van der Waals surface area contributed by atoms with Crippen molar-refractivity contribution in [3.05, 3.63) is 70.3 Å². The number of rotatable bonds is 0. The Morgan fingerprint density at radius 1 is 1.06 bits per heavy atom. The first kappa shape index (κ1) is 40.4. The second kappa shape index (κ2) is 17.7. The summed E-state index contributed by atoms with van der Waals surface area (Å²) in [5, 5.41) is 3.28. The average Bonchev–Trinajstić information content (AvgIpc) is 3.30. The number of anilines is 1. The molecule has 1 saturated carbocycles. The SMILES string of the molecule is C1CN2CCOC[C@H]2CN1.CI.C[C@@H]1[C@@H](C)C/C=C/C(=O)[C@@H]2CC[C@H]2CN2C[C@@]3(CCCc4cc(Cl)ccc43)COc3ccc(cc32)C(=O)NS1(=O)=O. The highest BCUT2D eigenvalue weighted by atomic mass is 127. The Morgan fingerprint density at radius 3 is 2.66 bits per heavy atom. The third-order valence-electron chi connectivity index (χ3n) is 12.2. The predicted molar refractivity (Wildman–Crippen MR) is 219 cm³/mol. The van der Waals surface area contributed by atoms with Crippen LogP contribution in [0.3, 0.4) is 0 Å². The summed E-state index contributed by atoms with van der Waals surface area (Å²) in [6.45, 7) is 11.7. The van der Waals surface area contributed by atoms with E-state index in [1.807, 2.05) is 17.9 Å². The lowest BCUT2D eigenvalue weighted by atomic mass is 9.68. The Morgan fingerprint density at radius 2 is 1.89 bits per heavy atom. The fourth-order valence-electron chi connectivity index (χ4n) is 8.66. The molecule has 2 saturated heterocycles. The number of amides is 1. The Hall–Kier alpha value is -2.23. The first-order chi connectivity index (χ1) is 25.5. The van der Waals surface area contributed by atoms with Gasteiger partial charge in [0.05, 0.1) is 30.8 Å². The van der Waals surface area contributed by atoms with Gasteiger partial charge in [0.15, 0.2) is 5.78 Å². The van der Waals surface area contributed by atoms with Gasteiger partial charge in [0.2, 0.25) is 10.0 Å². The van der Waals surface area contributed by atoms with Gasteiger partial charge in [-0.2, -0.15) is 0 Å². The van der Waals surface area contributed by atoms with Crippen molar-refractivity contribution in [2.45, 2.75) is 69.1 Å². The van der Waals surface area contributed by atoms with Gasteiger partial charge in [0, 0.05) is 67.2 Å². The Balaban J connectivity index is 0.000000340. The highest BCUT2D eigenvalue weighted by Gasteiger charge is 2.44. The molecular formula is C40H54ClIN4O6S. The summed E-state index contributed by atoms with van der Waals surface area (Å²) in [6.07, 6.45) is 8.60. The number of ketones is 1. The van der Waals surface area contributed by atoms with E-state index >= 15 is 0 Å². The van der Waals surface area contributed by atoms with Crippen LogP contribution in [0, 0.1) is 17.8 Å². The Kier molecular flexibility index (Phi) is 13.5. The number of ether oxygens (including phenoxy) is 2. The molecule has 4 aliphatic heterocycles. The van der Waals surface area contributed by atoms with Crippen molar-refractivity contribution in [2.75, 3.05) is 68.9 Å². The molecule has 2 N–H and O–H groups in total. The van der Waals surface area contributed by atoms with Crippen LogP contribution in [-0.2, 0) is 31.4 Å². The number of alkyl halides is 1. The normalized spacial score (nSPS) is 31.6. The molecule has 2 aromatic carbocycles. The second-order valence-electron chi connectivity index (χ2n) is 15.4. The van der Waals surface area contributed by atoms with Crippen LogP contribution in [0.4, 0.5) is 5.69 Å². The molecule has 1 spiro atoms. The quantitative estimate of drug-likeness (QED) is 0.251. The van der Waals surface area contributed by atoms with Crippen LogP contribution in [0.1, 0.15) is 67.4 Å². The predicted octanol–water partition coefficient (Wildman–Crippen LogP) is 5.79. The third-order valence-corrected chi connectivity index (χ3v) is 14.3. The number of nitrogens with one attached hydrogen (secondary N) is 2. The standard InChI is InChI=1S/C32H37ClN2O5S.C7H14N2O.CH3I/c1-20-5-3-7-29(36)26-11-8-24(26)17-35-18-32(14-4-6-22-15-25(33)10-12-27(22)32)19-40-30-13-9-23(16-28(30)35)31(37)34-41(38,39)21(20)2;1-2-9-3-4-10-6-7(9)5-8-1;1-2/h3,7,9-10,12-13,15-16,20-21,24,26H,4-6,8,11,14,17-19H2,1-2H3,(H,34,37);7-8H,1-6H2;1H3/b7-3+;;/t20-,21+,24-,26+,32-;7-;/m01./s1. The van der Waals surface area contributed by atoms with E-state index < -0.39 is 21.2 Å². The third kappa shape index (κ3) is 9.09. The zero-order valence-electron chi connectivity index (χ0n) is 31.1. The van der Waals surface area contributed by atoms with Gasteiger partial charge in [0.25, 0.3) is 5.91 Å². The van der Waals surface area contributed by atoms with Gasteiger partial charge < -0.3 is 19.7 Å². The number of allylic oxidation sites excluding steroid dienone is 2. The number of nitrogens with zero attached hydrogens (tertiary/aromatic N) is 2. The lowest BCUT2D eigenvalue weighted by molar-refractivity contribution is -0.122. The molecule has 0 unspecified atom stereocenters. The maximum Gasteiger partial charge on any atom is 0.264 e. The summed E-state index contributed by atoms with van der Waals surface area (Å²) in [4.78, 5) is 33.3. The van der Waals surface area contributed by atoms with Crippen LogP contribution >= 0.6 is 34.2 Å². The van der Waals surface area contributed by atoms with Crippen LogP contribution in [-0.4, -0.2) is 100 Å². The summed E-state index contributed by atoms with van der Waals surface area (Å²) in [6, 6.07) is 11.9. The monoisotopic (exact) mass is 880 g/mol. The molecule has 1 amide bonds. The van der Waals surface area contributed by atoms with Gasteiger partial charge in [-0.25, -0.2) is 13.1 Å². The molecule has 2 bridgehead atoms. The number of hydrogen-bond donors (Lipinski definition) is 2. The molecule has 0 aromatic heterocycles. The zero-order valence-corrected chi connectivity index (χ0v) is 34.9. The summed E-state index contributed by atoms with van der Waals surface area (Å²) in [5.74, 6) is -0.0319. The van der Waals surface area contributed by atoms with Crippen LogP contribution in [0.5, 0.6) is 5.75 Å². The first-order valence-electron chi connectivity index (χ1n) is 19.0. The summed E-state index contributed by atoms with van der Waals surface area (Å²) in [5.41, 5.74) is 3.22. The molecule has 2 aliphatic carbocycles. The van der Waals surface area contributed by atoms with Crippen LogP contribution in [0.2, 0.25) is 5.02 Å². The minimum absolute atomic E-state index is 0.0666. The van der Waals surface area contributed by atoms with E-state index in [9.17, 15) is 18.0 Å². The molecule has 290 valence electrons. The molecule has 53 heavy (non-hydrogen) atoms. The van der Waals surface area contributed by atoms with Crippen molar-refractivity contribution in [3.63, 3.8) is 0 Å². The van der Waals surface area contributed by atoms with Gasteiger partial charge in [-0.05, 0) is 110 Å². The maximum atomic E-state index is 13.3. The molecule has 0 radical (unpaired) electrons. The van der Waals surface area contributed by atoms with Gasteiger partial charge in [-0.1, -0.05) is 53.3 Å². The molecule has 6 aliphatic rings. The van der Waals surface area contributed by atoms with Crippen molar-refractivity contribution >= 4 is 61.6 Å². The number of halogens is 2. The highest BCUT2D eigenvalue weighted by molar-refractivity contribution is 14.1. The van der Waals surface area contributed by atoms with Gasteiger partial charge in [-0.15, -0.1) is 0 Å². The van der Waals surface area contributed by atoms with Crippen molar-refractivity contribution < 1.29 is 27.5 Å². The second-order valence-corrected chi connectivity index (χ2v) is 17.9. The molecule has 10 nitrogen and oxygen atoms in total. The van der Waals surface area contributed by atoms with Crippen LogP contribution < -0.4 is 19.7 Å². The van der Waals surface area contributed by atoms with E-state index in [1.165, 1.54) is 17.7 Å². The lowest BCUT2D eigenvalue weighted by Crippen LogP contribution is -2.56. The molecular weight excluding hydrogens is 827 g/mol. The van der Waals surface area contributed by atoms with Crippen molar-refractivity contribution in [3.8, 4) is 5.75 Å². The van der Waals surface area contributed by atoms with E-state index in [1.54, 1.807) is 37.3 Å². The van der Waals surface area contributed by atoms with E-state index in [2.05, 4.69) is 54.6 Å². The number of piperazine rings is 1. The number of aryl methyl sites for hydroxylation is 1. The smallest absolute Gasteiger partial charge is 0.264 e. The Bertz CT molecular complexity index is 1750. The number of sulfonamides is 1. The summed E-state index contributed by atoms with van der Waals surface area (Å²) < 4.78 is 40.4. The summed E-state index contributed by atoms with van der Waals surface area (Å²) in [7, 11) is -3.93. The largest absolute Gasteiger partial charge is 0.490 e. The topological polar surface area (TPSA) is 117 Å². The van der Waals surface area contributed by atoms with Crippen LogP contribution in [0.25, 0.3) is 0 Å². The number of carbonyl (C=O) groups is 2. The molecule has 13 heteroatoms. The van der Waals surface area contributed by atoms with Crippen molar-refractivity contribution in [1.82, 2.24) is 14.9 Å². The molecule has 8 rings (SSSR count). The minimum atomic E-state index is -3.93. The highest BCUT2D eigenvalue weighted by Crippen LogP contribution is 2.46. The van der Waals surface area contributed by atoms with E-state index in [0.717, 1.165) is 75.7 Å². The van der Waals surface area contributed by atoms with E-state index in [4.69, 9.17) is 21.1 Å². The fourth-order valence-corrected chi connectivity index (χ4v) is 10.1. The van der Waals surface area contributed by atoms with Gasteiger partial charge >= 0.3 is 0 Å². The molecule has 4 heterocycles. The fraction of sp³-hybridized carbons (Fsp3) is 0.600. The van der Waals surface area contributed by atoms with Gasteiger partial charge in [0.1, 0.15) is 5.75 Å². The molecule has 3 fully saturated rings. The van der Waals surface area contributed by atoms with Crippen LogP contribution in [0.15, 0.2) is 48.6 Å². The number of hydrogen-bond acceptors (Lipinski definition) is 9. The maximum absolute atomic E-state index is 13.3. The average molecular weight is 881 g/mol.